The number of benzene rings is 3. The number of nitrogens with two attached hydrogens (primary N) is 1. The number of rotatable bonds is 6. The van der Waals surface area contributed by atoms with Crippen molar-refractivity contribution in [3.8, 4) is 0 Å². The SMILES string of the molecule is CC(C)(C)c1ccc(C(=O)N2CCN(C(=O)c3ccc(Cl)c(Cl)c3)C2C(=O)NCc2cccc(CN)c2)cc1. The van der Waals surface area contributed by atoms with Gasteiger partial charge in [0.15, 0.2) is 6.17 Å². The Hall–Kier alpha value is -3.39. The van der Waals surface area contributed by atoms with E-state index in [1.807, 2.05) is 36.4 Å². The van der Waals surface area contributed by atoms with Gasteiger partial charge in [0.05, 0.1) is 10.0 Å². The van der Waals surface area contributed by atoms with Crippen molar-refractivity contribution in [2.75, 3.05) is 13.1 Å². The summed E-state index contributed by atoms with van der Waals surface area (Å²) in [5.41, 5.74) is 9.30. The van der Waals surface area contributed by atoms with Crippen molar-refractivity contribution < 1.29 is 14.4 Å². The third-order valence-corrected chi connectivity index (χ3v) is 7.53. The second kappa shape index (κ2) is 11.8. The minimum atomic E-state index is -1.14. The Labute approximate surface area is 238 Å². The highest BCUT2D eigenvalue weighted by molar-refractivity contribution is 6.42. The lowest BCUT2D eigenvalue weighted by molar-refractivity contribution is -0.128. The van der Waals surface area contributed by atoms with Crippen molar-refractivity contribution >= 4 is 40.9 Å². The maximum atomic E-state index is 13.6. The quantitative estimate of drug-likeness (QED) is 0.439. The Morgan fingerprint density at radius 1 is 0.846 bits per heavy atom. The van der Waals surface area contributed by atoms with Crippen LogP contribution in [0.4, 0.5) is 0 Å². The molecule has 0 aliphatic carbocycles. The molecule has 0 saturated carbocycles. The number of hydrogen-bond acceptors (Lipinski definition) is 4. The second-order valence-corrected chi connectivity index (χ2v) is 11.4. The number of carbonyl (C=O) groups is 3. The lowest BCUT2D eigenvalue weighted by atomic mass is 9.86. The molecule has 3 amide bonds. The number of amides is 3. The first-order valence-electron chi connectivity index (χ1n) is 12.7. The molecule has 0 aromatic heterocycles. The van der Waals surface area contributed by atoms with Crippen molar-refractivity contribution in [2.24, 2.45) is 5.73 Å². The predicted molar refractivity (Wildman–Crippen MR) is 154 cm³/mol. The Balaban J connectivity index is 1.62. The predicted octanol–water partition coefficient (Wildman–Crippen LogP) is 4.99. The van der Waals surface area contributed by atoms with E-state index < -0.39 is 18.0 Å². The molecule has 1 unspecified atom stereocenters. The smallest absolute Gasteiger partial charge is 0.264 e. The third-order valence-electron chi connectivity index (χ3n) is 6.79. The van der Waals surface area contributed by atoms with Gasteiger partial charge in [0.25, 0.3) is 17.7 Å². The van der Waals surface area contributed by atoms with Crippen LogP contribution in [0.1, 0.15) is 58.2 Å². The van der Waals surface area contributed by atoms with Crippen molar-refractivity contribution in [1.82, 2.24) is 15.1 Å². The molecule has 1 aliphatic heterocycles. The summed E-state index contributed by atoms with van der Waals surface area (Å²) in [5, 5.41) is 3.45. The van der Waals surface area contributed by atoms with Gasteiger partial charge in [-0.15, -0.1) is 0 Å². The maximum Gasteiger partial charge on any atom is 0.264 e. The molecule has 1 saturated heterocycles. The minimum Gasteiger partial charge on any atom is -0.349 e. The van der Waals surface area contributed by atoms with E-state index in [1.165, 1.54) is 21.9 Å². The van der Waals surface area contributed by atoms with Crippen molar-refractivity contribution in [3.63, 3.8) is 0 Å². The minimum absolute atomic E-state index is 0.0675. The molecule has 39 heavy (non-hydrogen) atoms. The molecule has 9 heteroatoms. The molecule has 4 rings (SSSR count). The highest BCUT2D eigenvalue weighted by Gasteiger charge is 2.43. The number of nitrogens with zero attached hydrogens (tertiary/aromatic N) is 2. The van der Waals surface area contributed by atoms with Gasteiger partial charge >= 0.3 is 0 Å². The van der Waals surface area contributed by atoms with Gasteiger partial charge in [0, 0.05) is 37.3 Å². The fraction of sp³-hybridized carbons (Fsp3) is 0.300. The number of carbonyl (C=O) groups excluding carboxylic acids is 3. The van der Waals surface area contributed by atoms with Crippen molar-refractivity contribution in [3.05, 3.63) is 105 Å². The fourth-order valence-electron chi connectivity index (χ4n) is 4.56. The van der Waals surface area contributed by atoms with E-state index in [0.29, 0.717) is 17.1 Å². The van der Waals surface area contributed by atoms with E-state index >= 15 is 0 Å². The van der Waals surface area contributed by atoms with E-state index in [9.17, 15) is 14.4 Å². The molecule has 1 heterocycles. The molecule has 1 fully saturated rings. The van der Waals surface area contributed by atoms with Crippen molar-refractivity contribution in [1.29, 1.82) is 0 Å². The molecule has 204 valence electrons. The van der Waals surface area contributed by atoms with Gasteiger partial charge in [-0.2, -0.15) is 0 Å². The topological polar surface area (TPSA) is 95.7 Å². The Morgan fingerprint density at radius 3 is 2.03 bits per heavy atom. The molecule has 0 radical (unpaired) electrons. The largest absolute Gasteiger partial charge is 0.349 e. The molecule has 3 N–H and O–H groups in total. The fourth-order valence-corrected chi connectivity index (χ4v) is 4.86. The first kappa shape index (κ1) is 28.6. The van der Waals surface area contributed by atoms with E-state index in [-0.39, 0.29) is 41.5 Å². The van der Waals surface area contributed by atoms with Crippen LogP contribution >= 0.6 is 23.2 Å². The van der Waals surface area contributed by atoms with Crippen LogP contribution < -0.4 is 11.1 Å². The van der Waals surface area contributed by atoms with E-state index in [0.717, 1.165) is 16.7 Å². The van der Waals surface area contributed by atoms with Crippen LogP contribution in [0.25, 0.3) is 0 Å². The Morgan fingerprint density at radius 2 is 1.44 bits per heavy atom. The van der Waals surface area contributed by atoms with Gasteiger partial charge in [-0.3, -0.25) is 14.4 Å². The summed E-state index contributed by atoms with van der Waals surface area (Å²) < 4.78 is 0. The Bertz CT molecular complexity index is 1390. The number of nitrogens with one attached hydrogen (secondary N) is 1. The zero-order valence-electron chi connectivity index (χ0n) is 22.2. The Kier molecular flexibility index (Phi) is 8.64. The number of hydrogen-bond donors (Lipinski definition) is 2. The summed E-state index contributed by atoms with van der Waals surface area (Å²) in [7, 11) is 0. The van der Waals surface area contributed by atoms with Crippen LogP contribution in [0.3, 0.4) is 0 Å². The van der Waals surface area contributed by atoms with Gasteiger partial charge in [-0.05, 0) is 52.4 Å². The molecule has 3 aromatic rings. The standard InChI is InChI=1S/C30H32Cl2N4O3/c1-30(2,3)23-10-7-21(8-11-23)28(38)35-13-14-36(29(39)22-9-12-24(31)25(32)16-22)27(35)26(37)34-18-20-6-4-5-19(15-20)17-33/h4-12,15-16,27H,13-14,17-18,33H2,1-3H3,(H,34,37). The summed E-state index contributed by atoms with van der Waals surface area (Å²) in [6.07, 6.45) is -1.14. The second-order valence-electron chi connectivity index (χ2n) is 10.6. The normalized spacial score (nSPS) is 15.4. The molecule has 0 bridgehead atoms. The maximum absolute atomic E-state index is 13.6. The average Bonchev–Trinajstić information content (AvgIpc) is 3.37. The van der Waals surface area contributed by atoms with Crippen LogP contribution in [0, 0.1) is 0 Å². The monoisotopic (exact) mass is 566 g/mol. The zero-order valence-corrected chi connectivity index (χ0v) is 23.7. The molecule has 3 aromatic carbocycles. The number of halogens is 2. The van der Waals surface area contributed by atoms with Crippen LogP contribution in [-0.2, 0) is 23.3 Å². The third kappa shape index (κ3) is 6.44. The first-order valence-corrected chi connectivity index (χ1v) is 13.5. The summed E-state index contributed by atoms with van der Waals surface area (Å²) in [5.74, 6) is -1.21. The molecule has 7 nitrogen and oxygen atoms in total. The van der Waals surface area contributed by atoms with E-state index in [2.05, 4.69) is 26.1 Å². The first-order chi connectivity index (χ1) is 18.5. The molecule has 0 spiro atoms. The highest BCUT2D eigenvalue weighted by atomic mass is 35.5. The average molecular weight is 568 g/mol. The summed E-state index contributed by atoms with van der Waals surface area (Å²) in [6, 6.07) is 19.5. The summed E-state index contributed by atoms with van der Waals surface area (Å²) in [6.45, 7) is 7.29. The van der Waals surface area contributed by atoms with Crippen LogP contribution in [0.15, 0.2) is 66.7 Å². The van der Waals surface area contributed by atoms with Crippen molar-refractivity contribution in [2.45, 2.75) is 45.4 Å². The summed E-state index contributed by atoms with van der Waals surface area (Å²) in [4.78, 5) is 43.6. The van der Waals surface area contributed by atoms with E-state index in [1.54, 1.807) is 18.2 Å². The lowest BCUT2D eigenvalue weighted by Gasteiger charge is -2.29. The zero-order chi connectivity index (χ0) is 28.3. The van der Waals surface area contributed by atoms with Gasteiger partial charge in [0.1, 0.15) is 0 Å². The highest BCUT2D eigenvalue weighted by Crippen LogP contribution is 2.27. The van der Waals surface area contributed by atoms with Gasteiger partial charge in [-0.1, -0.05) is 80.4 Å². The molecule has 1 atom stereocenters. The molecule has 1 aliphatic rings. The van der Waals surface area contributed by atoms with Gasteiger partial charge < -0.3 is 20.9 Å². The molecular formula is C30H32Cl2N4O3. The van der Waals surface area contributed by atoms with E-state index in [4.69, 9.17) is 28.9 Å². The van der Waals surface area contributed by atoms with Gasteiger partial charge in [0.2, 0.25) is 0 Å². The van der Waals surface area contributed by atoms with Crippen LogP contribution in [-0.4, -0.2) is 46.8 Å². The van der Waals surface area contributed by atoms with Gasteiger partial charge in [-0.25, -0.2) is 0 Å². The molecular weight excluding hydrogens is 535 g/mol. The van der Waals surface area contributed by atoms with Crippen LogP contribution in [0.5, 0.6) is 0 Å². The van der Waals surface area contributed by atoms with Crippen LogP contribution in [0.2, 0.25) is 10.0 Å². The summed E-state index contributed by atoms with van der Waals surface area (Å²) >= 11 is 12.2. The lowest BCUT2D eigenvalue weighted by Crippen LogP contribution is -2.53.